The fraction of sp³-hybridized carbons (Fsp3) is 0.462. The average molecular weight is 250 g/mol. The van der Waals surface area contributed by atoms with Gasteiger partial charge in [0.15, 0.2) is 0 Å². The van der Waals surface area contributed by atoms with Crippen LogP contribution in [0.25, 0.3) is 0 Å². The van der Waals surface area contributed by atoms with Crippen LogP contribution in [-0.4, -0.2) is 38.9 Å². The Labute approximate surface area is 106 Å². The van der Waals surface area contributed by atoms with Crippen LogP contribution in [0.15, 0.2) is 24.3 Å². The molecule has 1 amide bonds. The van der Waals surface area contributed by atoms with Crippen molar-refractivity contribution in [1.82, 2.24) is 0 Å². The Morgan fingerprint density at radius 1 is 1.50 bits per heavy atom. The first-order valence-electron chi connectivity index (χ1n) is 5.98. The van der Waals surface area contributed by atoms with Gasteiger partial charge in [0, 0.05) is 25.0 Å². The molecule has 5 nitrogen and oxygen atoms in total. The summed E-state index contributed by atoms with van der Waals surface area (Å²) in [6.07, 6.45) is 0.910. The van der Waals surface area contributed by atoms with Gasteiger partial charge in [-0.15, -0.1) is 0 Å². The maximum absolute atomic E-state index is 11.9. The van der Waals surface area contributed by atoms with E-state index in [-0.39, 0.29) is 18.6 Å². The minimum atomic E-state index is -0.0772. The molecule has 0 saturated carbocycles. The van der Waals surface area contributed by atoms with Crippen LogP contribution in [-0.2, 0) is 14.3 Å². The number of carbonyl (C=O) groups is 1. The molecule has 0 aliphatic carbocycles. The number of nitrogens with two attached hydrogens (primary N) is 1. The molecular weight excluding hydrogens is 232 g/mol. The lowest BCUT2D eigenvalue weighted by atomic mass is 10.2. The molecule has 1 aliphatic rings. The molecule has 98 valence electrons. The van der Waals surface area contributed by atoms with Crippen LogP contribution in [0.3, 0.4) is 0 Å². The molecule has 1 saturated heterocycles. The Bertz CT molecular complexity index is 399. The fourth-order valence-corrected chi connectivity index (χ4v) is 1.77. The van der Waals surface area contributed by atoms with Gasteiger partial charge in [-0.2, -0.15) is 0 Å². The van der Waals surface area contributed by atoms with Crippen LogP contribution in [0.4, 0.5) is 11.4 Å². The van der Waals surface area contributed by atoms with E-state index in [1.165, 1.54) is 0 Å². The molecule has 1 heterocycles. The van der Waals surface area contributed by atoms with Gasteiger partial charge < -0.3 is 20.1 Å². The standard InChI is InChI=1S/C13H18N2O3/c1-15(11-4-2-10(14)3-5-11)13(16)9-18-12-6-7-17-8-12/h2-5,12H,6-9,14H2,1H3. The number of carbonyl (C=O) groups excluding carboxylic acids is 1. The molecule has 2 N–H and O–H groups in total. The summed E-state index contributed by atoms with van der Waals surface area (Å²) in [5, 5.41) is 0. The highest BCUT2D eigenvalue weighted by atomic mass is 16.5. The number of anilines is 2. The third kappa shape index (κ3) is 3.21. The molecule has 1 aliphatic heterocycles. The summed E-state index contributed by atoms with van der Waals surface area (Å²) in [4.78, 5) is 13.5. The Morgan fingerprint density at radius 2 is 2.22 bits per heavy atom. The Kier molecular flexibility index (Phi) is 4.17. The quantitative estimate of drug-likeness (QED) is 0.811. The molecule has 1 aromatic rings. The normalized spacial score (nSPS) is 18.8. The number of likely N-dealkylation sites (N-methyl/N-ethyl adjacent to an activating group) is 1. The second-order valence-corrected chi connectivity index (χ2v) is 4.34. The van der Waals surface area contributed by atoms with Crippen molar-refractivity contribution in [3.63, 3.8) is 0 Å². The van der Waals surface area contributed by atoms with E-state index < -0.39 is 0 Å². The lowest BCUT2D eigenvalue weighted by Gasteiger charge is -2.18. The van der Waals surface area contributed by atoms with Crippen LogP contribution in [0.2, 0.25) is 0 Å². The van der Waals surface area contributed by atoms with Crippen molar-refractivity contribution in [1.29, 1.82) is 0 Å². The number of hydrogen-bond acceptors (Lipinski definition) is 4. The summed E-state index contributed by atoms with van der Waals surface area (Å²) in [5.41, 5.74) is 7.09. The molecule has 0 aromatic heterocycles. The van der Waals surface area contributed by atoms with E-state index in [1.54, 1.807) is 24.1 Å². The largest absolute Gasteiger partial charge is 0.399 e. The predicted octanol–water partition coefficient (Wildman–Crippen LogP) is 1.04. The smallest absolute Gasteiger partial charge is 0.252 e. The zero-order valence-electron chi connectivity index (χ0n) is 10.5. The summed E-state index contributed by atoms with van der Waals surface area (Å²) in [6, 6.07) is 7.16. The molecular formula is C13H18N2O3. The van der Waals surface area contributed by atoms with E-state index in [4.69, 9.17) is 15.2 Å². The van der Waals surface area contributed by atoms with E-state index in [0.29, 0.717) is 18.9 Å². The van der Waals surface area contributed by atoms with Crippen LogP contribution >= 0.6 is 0 Å². The second-order valence-electron chi connectivity index (χ2n) is 4.34. The first-order chi connectivity index (χ1) is 8.66. The minimum Gasteiger partial charge on any atom is -0.399 e. The third-order valence-electron chi connectivity index (χ3n) is 2.98. The summed E-state index contributed by atoms with van der Waals surface area (Å²) in [6.45, 7) is 1.38. The molecule has 2 rings (SSSR count). The molecule has 1 fully saturated rings. The van der Waals surface area contributed by atoms with E-state index in [2.05, 4.69) is 0 Å². The van der Waals surface area contributed by atoms with Gasteiger partial charge in [-0.05, 0) is 30.7 Å². The molecule has 1 unspecified atom stereocenters. The van der Waals surface area contributed by atoms with E-state index >= 15 is 0 Å². The Balaban J connectivity index is 1.85. The van der Waals surface area contributed by atoms with E-state index in [1.807, 2.05) is 12.1 Å². The zero-order valence-corrected chi connectivity index (χ0v) is 10.5. The molecule has 5 heteroatoms. The molecule has 1 atom stereocenters. The number of nitrogen functional groups attached to an aromatic ring is 1. The molecule has 18 heavy (non-hydrogen) atoms. The summed E-state index contributed by atoms with van der Waals surface area (Å²) in [5.74, 6) is -0.0772. The number of benzene rings is 1. The van der Waals surface area contributed by atoms with Gasteiger partial charge in [-0.3, -0.25) is 4.79 Å². The minimum absolute atomic E-state index is 0.0498. The number of amides is 1. The zero-order chi connectivity index (χ0) is 13.0. The highest BCUT2D eigenvalue weighted by Crippen LogP contribution is 2.15. The maximum atomic E-state index is 11.9. The summed E-state index contributed by atoms with van der Waals surface area (Å²) in [7, 11) is 1.72. The van der Waals surface area contributed by atoms with Gasteiger partial charge in [0.05, 0.1) is 12.7 Å². The van der Waals surface area contributed by atoms with Crippen molar-refractivity contribution in [2.24, 2.45) is 0 Å². The predicted molar refractivity (Wildman–Crippen MR) is 69.4 cm³/mol. The topological polar surface area (TPSA) is 64.8 Å². The highest BCUT2D eigenvalue weighted by molar-refractivity contribution is 5.93. The number of nitrogens with zero attached hydrogens (tertiary/aromatic N) is 1. The first kappa shape index (κ1) is 12.9. The SMILES string of the molecule is CN(C(=O)COC1CCOC1)c1ccc(N)cc1. The van der Waals surface area contributed by atoms with Gasteiger partial charge in [-0.1, -0.05) is 0 Å². The van der Waals surface area contributed by atoms with Crippen LogP contribution in [0.5, 0.6) is 0 Å². The number of ether oxygens (including phenoxy) is 2. The van der Waals surface area contributed by atoms with Crippen molar-refractivity contribution in [3.05, 3.63) is 24.3 Å². The Hall–Kier alpha value is -1.59. The number of rotatable bonds is 4. The van der Waals surface area contributed by atoms with Crippen molar-refractivity contribution in [2.75, 3.05) is 37.5 Å². The van der Waals surface area contributed by atoms with Gasteiger partial charge >= 0.3 is 0 Å². The van der Waals surface area contributed by atoms with Crippen molar-refractivity contribution >= 4 is 17.3 Å². The van der Waals surface area contributed by atoms with Gasteiger partial charge in [0.2, 0.25) is 0 Å². The van der Waals surface area contributed by atoms with Gasteiger partial charge in [-0.25, -0.2) is 0 Å². The Morgan fingerprint density at radius 3 is 2.83 bits per heavy atom. The van der Waals surface area contributed by atoms with E-state index in [0.717, 1.165) is 12.1 Å². The molecule has 1 aromatic carbocycles. The van der Waals surface area contributed by atoms with Crippen molar-refractivity contribution in [2.45, 2.75) is 12.5 Å². The van der Waals surface area contributed by atoms with Crippen LogP contribution in [0, 0.1) is 0 Å². The van der Waals surface area contributed by atoms with Crippen molar-refractivity contribution in [3.8, 4) is 0 Å². The van der Waals surface area contributed by atoms with Crippen molar-refractivity contribution < 1.29 is 14.3 Å². The number of hydrogen-bond donors (Lipinski definition) is 1. The van der Waals surface area contributed by atoms with Crippen LogP contribution < -0.4 is 10.6 Å². The monoisotopic (exact) mass is 250 g/mol. The van der Waals surface area contributed by atoms with E-state index in [9.17, 15) is 4.79 Å². The van der Waals surface area contributed by atoms with Crippen LogP contribution in [0.1, 0.15) is 6.42 Å². The molecule has 0 spiro atoms. The third-order valence-corrected chi connectivity index (χ3v) is 2.98. The lowest BCUT2D eigenvalue weighted by Crippen LogP contribution is -2.32. The maximum Gasteiger partial charge on any atom is 0.252 e. The fourth-order valence-electron chi connectivity index (χ4n) is 1.77. The van der Waals surface area contributed by atoms with Gasteiger partial charge in [0.25, 0.3) is 5.91 Å². The first-order valence-corrected chi connectivity index (χ1v) is 5.98. The summed E-state index contributed by atoms with van der Waals surface area (Å²) < 4.78 is 10.7. The average Bonchev–Trinajstić information content (AvgIpc) is 2.89. The van der Waals surface area contributed by atoms with Gasteiger partial charge in [0.1, 0.15) is 6.61 Å². The summed E-state index contributed by atoms with van der Waals surface area (Å²) >= 11 is 0. The molecule has 0 radical (unpaired) electrons. The second kappa shape index (κ2) is 5.84. The highest BCUT2D eigenvalue weighted by Gasteiger charge is 2.19. The molecule has 0 bridgehead atoms. The lowest BCUT2D eigenvalue weighted by molar-refractivity contribution is -0.124.